The van der Waals surface area contributed by atoms with Crippen LogP contribution in [0.15, 0.2) is 29.8 Å². The summed E-state index contributed by atoms with van der Waals surface area (Å²) in [6.45, 7) is 0.638. The Labute approximate surface area is 172 Å². The SMILES string of the molecule is COC(=O)C1=C(c2ccc(OC(F)(F)F)cc2)C[C@@H]2CC[C@H]1N2C(=O)NCC1CC1. The first-order chi connectivity index (χ1) is 14.3. The fraction of sp³-hybridized carbons (Fsp3) is 0.524. The Morgan fingerprint density at radius 2 is 1.83 bits per heavy atom. The number of amides is 2. The molecule has 2 heterocycles. The second kappa shape index (κ2) is 7.85. The molecule has 162 valence electrons. The van der Waals surface area contributed by atoms with Gasteiger partial charge in [-0.25, -0.2) is 9.59 Å². The number of alkyl halides is 3. The van der Waals surface area contributed by atoms with E-state index in [1.807, 2.05) is 0 Å². The Bertz CT molecular complexity index is 862. The summed E-state index contributed by atoms with van der Waals surface area (Å²) < 4.78 is 46.2. The first-order valence-corrected chi connectivity index (χ1v) is 10.0. The van der Waals surface area contributed by atoms with E-state index in [-0.39, 0.29) is 17.8 Å². The van der Waals surface area contributed by atoms with Gasteiger partial charge in [0.2, 0.25) is 0 Å². The molecule has 1 aromatic carbocycles. The minimum absolute atomic E-state index is 0.0660. The summed E-state index contributed by atoms with van der Waals surface area (Å²) in [4.78, 5) is 27.1. The van der Waals surface area contributed by atoms with Crippen molar-refractivity contribution in [2.75, 3.05) is 13.7 Å². The quantitative estimate of drug-likeness (QED) is 0.729. The fourth-order valence-corrected chi connectivity index (χ4v) is 4.37. The van der Waals surface area contributed by atoms with Crippen molar-refractivity contribution in [1.82, 2.24) is 10.2 Å². The van der Waals surface area contributed by atoms with Crippen molar-refractivity contribution in [2.45, 2.75) is 50.6 Å². The van der Waals surface area contributed by atoms with Crippen molar-refractivity contribution < 1.29 is 32.2 Å². The molecule has 1 saturated heterocycles. The van der Waals surface area contributed by atoms with Gasteiger partial charge in [-0.05, 0) is 61.3 Å². The van der Waals surface area contributed by atoms with Crippen molar-refractivity contribution in [3.8, 4) is 5.75 Å². The molecule has 1 aromatic rings. The van der Waals surface area contributed by atoms with Crippen LogP contribution in [-0.4, -0.2) is 49.0 Å². The maximum atomic E-state index is 12.8. The number of nitrogens with one attached hydrogen (secondary N) is 1. The van der Waals surface area contributed by atoms with Gasteiger partial charge in [-0.2, -0.15) is 0 Å². The predicted molar refractivity (Wildman–Crippen MR) is 101 cm³/mol. The normalized spacial score (nSPS) is 23.4. The summed E-state index contributed by atoms with van der Waals surface area (Å²) in [6, 6.07) is 4.80. The molecule has 2 amide bonds. The van der Waals surface area contributed by atoms with Crippen molar-refractivity contribution in [2.24, 2.45) is 5.92 Å². The Balaban J connectivity index is 1.61. The van der Waals surface area contributed by atoms with E-state index in [4.69, 9.17) is 4.74 Å². The predicted octanol–water partition coefficient (Wildman–Crippen LogP) is 3.87. The third-order valence-corrected chi connectivity index (χ3v) is 5.92. The second-order valence-electron chi connectivity index (χ2n) is 7.94. The lowest BCUT2D eigenvalue weighted by Crippen LogP contribution is -2.51. The molecular weight excluding hydrogens is 401 g/mol. The van der Waals surface area contributed by atoms with Crippen molar-refractivity contribution >= 4 is 17.6 Å². The summed E-state index contributed by atoms with van der Waals surface area (Å²) in [5.74, 6) is -0.308. The highest BCUT2D eigenvalue weighted by molar-refractivity contribution is 6.01. The summed E-state index contributed by atoms with van der Waals surface area (Å²) in [7, 11) is 1.28. The molecule has 2 fully saturated rings. The lowest BCUT2D eigenvalue weighted by atomic mass is 9.88. The molecule has 3 aliphatic rings. The number of methoxy groups -OCH3 is 1. The van der Waals surface area contributed by atoms with E-state index in [2.05, 4.69) is 10.1 Å². The number of fused-ring (bicyclic) bond motifs is 2. The van der Waals surface area contributed by atoms with Crippen LogP contribution < -0.4 is 10.1 Å². The molecule has 0 spiro atoms. The monoisotopic (exact) mass is 424 g/mol. The number of halogens is 3. The number of rotatable bonds is 5. The average molecular weight is 424 g/mol. The summed E-state index contributed by atoms with van der Waals surface area (Å²) >= 11 is 0. The van der Waals surface area contributed by atoms with Crippen LogP contribution in [0.1, 0.15) is 37.7 Å². The average Bonchev–Trinajstić information content (AvgIpc) is 3.48. The molecule has 2 atom stereocenters. The van der Waals surface area contributed by atoms with E-state index in [1.165, 1.54) is 31.4 Å². The highest BCUT2D eigenvalue weighted by Crippen LogP contribution is 2.44. The van der Waals surface area contributed by atoms with E-state index in [9.17, 15) is 22.8 Å². The third-order valence-electron chi connectivity index (χ3n) is 5.92. The van der Waals surface area contributed by atoms with Crippen molar-refractivity contribution in [3.63, 3.8) is 0 Å². The third kappa shape index (κ3) is 4.24. The van der Waals surface area contributed by atoms with Crippen LogP contribution in [-0.2, 0) is 9.53 Å². The van der Waals surface area contributed by atoms with Crippen LogP contribution in [0.2, 0.25) is 0 Å². The van der Waals surface area contributed by atoms with E-state index in [0.717, 1.165) is 19.3 Å². The number of hydrogen-bond acceptors (Lipinski definition) is 4. The lowest BCUT2D eigenvalue weighted by molar-refractivity contribution is -0.274. The maximum absolute atomic E-state index is 12.8. The van der Waals surface area contributed by atoms with Gasteiger partial charge in [-0.15, -0.1) is 13.2 Å². The van der Waals surface area contributed by atoms with Gasteiger partial charge in [-0.1, -0.05) is 12.1 Å². The Morgan fingerprint density at radius 3 is 2.43 bits per heavy atom. The zero-order chi connectivity index (χ0) is 21.5. The van der Waals surface area contributed by atoms with E-state index < -0.39 is 18.4 Å². The standard InChI is InChI=1S/C21H23F3N2O4/c1-29-19(27)18-16(13-4-7-15(8-5-13)30-21(22,23)24)10-14-6-9-17(18)26(14)20(28)25-11-12-2-3-12/h4-5,7-8,12,14,17H,2-3,6,9-11H2,1H3,(H,25,28)/t14-,17+/m0/s1. The van der Waals surface area contributed by atoms with Crippen LogP contribution in [0.3, 0.4) is 0 Å². The molecule has 9 heteroatoms. The fourth-order valence-electron chi connectivity index (χ4n) is 4.37. The number of nitrogens with zero attached hydrogens (tertiary/aromatic N) is 1. The molecule has 30 heavy (non-hydrogen) atoms. The number of carbonyl (C=O) groups is 2. The Morgan fingerprint density at radius 1 is 1.13 bits per heavy atom. The molecule has 4 rings (SSSR count). The molecule has 2 bridgehead atoms. The highest BCUT2D eigenvalue weighted by atomic mass is 19.4. The maximum Gasteiger partial charge on any atom is 0.573 e. The van der Waals surface area contributed by atoms with Gasteiger partial charge in [0, 0.05) is 12.6 Å². The Kier molecular flexibility index (Phi) is 5.38. The first-order valence-electron chi connectivity index (χ1n) is 10.0. The molecule has 0 radical (unpaired) electrons. The van der Waals surface area contributed by atoms with E-state index >= 15 is 0 Å². The molecule has 1 aliphatic carbocycles. The second-order valence-corrected chi connectivity index (χ2v) is 7.94. The summed E-state index contributed by atoms with van der Waals surface area (Å²) in [5.41, 5.74) is 1.73. The lowest BCUT2D eigenvalue weighted by Gasteiger charge is -2.37. The van der Waals surface area contributed by atoms with Gasteiger partial charge in [0.05, 0.1) is 18.7 Å². The highest BCUT2D eigenvalue weighted by Gasteiger charge is 2.46. The van der Waals surface area contributed by atoms with Gasteiger partial charge >= 0.3 is 18.4 Å². The molecule has 0 aromatic heterocycles. The van der Waals surface area contributed by atoms with Gasteiger partial charge in [0.1, 0.15) is 5.75 Å². The topological polar surface area (TPSA) is 67.9 Å². The number of esters is 1. The van der Waals surface area contributed by atoms with E-state index in [1.54, 1.807) is 4.90 Å². The van der Waals surface area contributed by atoms with E-state index in [0.29, 0.717) is 42.0 Å². The van der Waals surface area contributed by atoms with Gasteiger partial charge < -0.3 is 19.7 Å². The number of carbonyl (C=O) groups excluding carboxylic acids is 2. The van der Waals surface area contributed by atoms with Gasteiger partial charge in [-0.3, -0.25) is 0 Å². The number of benzene rings is 1. The van der Waals surface area contributed by atoms with Crippen LogP contribution in [0, 0.1) is 5.92 Å². The number of urea groups is 1. The van der Waals surface area contributed by atoms with Gasteiger partial charge in [0.25, 0.3) is 0 Å². The number of hydrogen-bond donors (Lipinski definition) is 1. The Hall–Kier alpha value is -2.71. The zero-order valence-electron chi connectivity index (χ0n) is 16.5. The molecule has 1 N–H and O–H groups in total. The molecular formula is C21H23F3N2O4. The van der Waals surface area contributed by atoms with Crippen LogP contribution in [0.25, 0.3) is 5.57 Å². The van der Waals surface area contributed by atoms with Crippen LogP contribution >= 0.6 is 0 Å². The van der Waals surface area contributed by atoms with Crippen LogP contribution in [0.5, 0.6) is 5.75 Å². The van der Waals surface area contributed by atoms with Crippen LogP contribution in [0.4, 0.5) is 18.0 Å². The first kappa shape index (κ1) is 20.6. The molecule has 1 saturated carbocycles. The smallest absolute Gasteiger partial charge is 0.466 e. The largest absolute Gasteiger partial charge is 0.573 e. The summed E-state index contributed by atoms with van der Waals surface area (Å²) in [6.07, 6.45) is -0.684. The summed E-state index contributed by atoms with van der Waals surface area (Å²) in [5, 5.41) is 2.97. The number of ether oxygens (including phenoxy) is 2. The zero-order valence-corrected chi connectivity index (χ0v) is 16.5. The minimum Gasteiger partial charge on any atom is -0.466 e. The minimum atomic E-state index is -4.77. The van der Waals surface area contributed by atoms with Gasteiger partial charge in [0.15, 0.2) is 0 Å². The molecule has 6 nitrogen and oxygen atoms in total. The van der Waals surface area contributed by atoms with Crippen molar-refractivity contribution in [3.05, 3.63) is 35.4 Å². The molecule has 2 aliphatic heterocycles. The molecule has 0 unspecified atom stereocenters. The van der Waals surface area contributed by atoms with Crippen molar-refractivity contribution in [1.29, 1.82) is 0 Å².